The van der Waals surface area contributed by atoms with E-state index in [9.17, 15) is 18.0 Å². The molecule has 2 aromatic carbocycles. The molecule has 1 N–H and O–H groups in total. The van der Waals surface area contributed by atoms with E-state index < -0.39 is 21.8 Å². The van der Waals surface area contributed by atoms with Gasteiger partial charge in [0.05, 0.1) is 32.4 Å². The lowest BCUT2D eigenvalue weighted by molar-refractivity contribution is 0.0926. The number of halogens is 1. The van der Waals surface area contributed by atoms with Crippen molar-refractivity contribution < 1.29 is 18.0 Å². The first-order chi connectivity index (χ1) is 16.3. The second-order valence-corrected chi connectivity index (χ2v) is 11.2. The standard InChI is InChI=1S/C25H21ClN4O4S/c1-14-12-19(22(27-5)28-13-14)30-23(31)20-17(26)10-11-18(21(20)24(30)32)29-35(33,34)16-8-6-15(7-9-16)25(2,3)4/h6-13,29H,1-4H3. The number of benzene rings is 2. The highest BCUT2D eigenvalue weighted by molar-refractivity contribution is 7.92. The highest BCUT2D eigenvalue weighted by Crippen LogP contribution is 2.40. The van der Waals surface area contributed by atoms with Crippen LogP contribution in [0.15, 0.2) is 53.6 Å². The van der Waals surface area contributed by atoms with Crippen molar-refractivity contribution in [2.24, 2.45) is 0 Å². The van der Waals surface area contributed by atoms with E-state index in [0.717, 1.165) is 10.5 Å². The summed E-state index contributed by atoms with van der Waals surface area (Å²) >= 11 is 6.25. The van der Waals surface area contributed by atoms with Crippen molar-refractivity contribution in [3.05, 3.63) is 87.4 Å². The summed E-state index contributed by atoms with van der Waals surface area (Å²) in [6.07, 6.45) is 1.45. The average Bonchev–Trinajstić information content (AvgIpc) is 3.06. The zero-order valence-electron chi connectivity index (χ0n) is 19.4. The fourth-order valence-corrected chi connectivity index (χ4v) is 5.07. The summed E-state index contributed by atoms with van der Waals surface area (Å²) in [4.78, 5) is 34.8. The van der Waals surface area contributed by atoms with Crippen molar-refractivity contribution in [1.82, 2.24) is 4.98 Å². The summed E-state index contributed by atoms with van der Waals surface area (Å²) < 4.78 is 28.7. The smallest absolute Gasteiger partial charge is 0.293 e. The molecular weight excluding hydrogens is 488 g/mol. The fraction of sp³-hybridized carbons (Fsp3) is 0.200. The summed E-state index contributed by atoms with van der Waals surface area (Å²) in [7, 11) is -4.09. The molecule has 4 rings (SSSR count). The van der Waals surface area contributed by atoms with E-state index in [4.69, 9.17) is 18.2 Å². The van der Waals surface area contributed by atoms with Crippen molar-refractivity contribution in [1.29, 1.82) is 0 Å². The number of imide groups is 1. The largest absolute Gasteiger partial charge is 0.359 e. The third-order valence-corrected chi connectivity index (χ3v) is 7.29. The van der Waals surface area contributed by atoms with Crippen LogP contribution < -0.4 is 9.62 Å². The van der Waals surface area contributed by atoms with Crippen LogP contribution in [0.2, 0.25) is 5.02 Å². The zero-order chi connectivity index (χ0) is 25.7. The lowest BCUT2D eigenvalue weighted by atomic mass is 9.87. The van der Waals surface area contributed by atoms with Crippen molar-refractivity contribution in [2.45, 2.75) is 38.0 Å². The summed E-state index contributed by atoms with van der Waals surface area (Å²) in [5, 5.41) is -0.0108. The van der Waals surface area contributed by atoms with E-state index in [1.165, 1.54) is 36.5 Å². The Bertz CT molecular complexity index is 1540. The second kappa shape index (κ2) is 8.48. The molecular formula is C25H21ClN4O4S. The van der Waals surface area contributed by atoms with Crippen molar-refractivity contribution >= 4 is 50.6 Å². The maximum Gasteiger partial charge on any atom is 0.293 e. The van der Waals surface area contributed by atoms with Gasteiger partial charge in [0.1, 0.15) is 6.20 Å². The minimum Gasteiger partial charge on any atom is -0.359 e. The van der Waals surface area contributed by atoms with Gasteiger partial charge in [0.2, 0.25) is 0 Å². The number of carbonyl (C=O) groups is 2. The number of fused-ring (bicyclic) bond motifs is 1. The molecule has 0 saturated carbocycles. The molecule has 178 valence electrons. The van der Waals surface area contributed by atoms with E-state index in [1.807, 2.05) is 20.8 Å². The predicted molar refractivity (Wildman–Crippen MR) is 134 cm³/mol. The normalized spacial score (nSPS) is 13.5. The lowest BCUT2D eigenvalue weighted by Crippen LogP contribution is -2.30. The number of aryl methyl sites for hydroxylation is 1. The summed E-state index contributed by atoms with van der Waals surface area (Å²) in [5.74, 6) is -1.70. The van der Waals surface area contributed by atoms with Crippen LogP contribution in [0.5, 0.6) is 0 Å². The molecule has 1 aliphatic heterocycles. The molecule has 0 saturated heterocycles. The number of hydrogen-bond donors (Lipinski definition) is 1. The number of pyridine rings is 1. The maximum atomic E-state index is 13.4. The SMILES string of the molecule is [C-]#[N+]c1ncc(C)cc1N1C(=O)c2c(Cl)ccc(NS(=O)(=O)c3ccc(C(C)(C)C)cc3)c2C1=O. The molecule has 10 heteroatoms. The molecule has 35 heavy (non-hydrogen) atoms. The molecule has 1 aliphatic rings. The molecule has 0 bridgehead atoms. The Morgan fingerprint density at radius 3 is 2.26 bits per heavy atom. The van der Waals surface area contributed by atoms with E-state index in [0.29, 0.717) is 5.56 Å². The number of nitrogens with one attached hydrogen (secondary N) is 1. The van der Waals surface area contributed by atoms with Gasteiger partial charge in [-0.2, -0.15) is 0 Å². The summed E-state index contributed by atoms with van der Waals surface area (Å²) in [6, 6.07) is 10.6. The maximum absolute atomic E-state index is 13.4. The Labute approximate surface area is 208 Å². The molecule has 0 unspecified atom stereocenters. The number of amides is 2. The number of rotatable bonds is 4. The third kappa shape index (κ3) is 4.27. The molecule has 1 aromatic heterocycles. The van der Waals surface area contributed by atoms with Crippen LogP contribution in [0.25, 0.3) is 4.85 Å². The zero-order valence-corrected chi connectivity index (χ0v) is 21.0. The van der Waals surface area contributed by atoms with Gasteiger partial charge in [0.25, 0.3) is 27.7 Å². The molecule has 0 radical (unpaired) electrons. The predicted octanol–water partition coefficient (Wildman–Crippen LogP) is 5.49. The first-order valence-corrected chi connectivity index (χ1v) is 12.4. The first kappa shape index (κ1) is 24.4. The van der Waals surface area contributed by atoms with Gasteiger partial charge in [0.15, 0.2) is 0 Å². The van der Waals surface area contributed by atoms with Gasteiger partial charge in [-0.1, -0.05) is 51.1 Å². The Hall–Kier alpha value is -3.74. The molecule has 8 nitrogen and oxygen atoms in total. The molecule has 0 spiro atoms. The van der Waals surface area contributed by atoms with E-state index in [1.54, 1.807) is 19.1 Å². The van der Waals surface area contributed by atoms with Crippen molar-refractivity contribution in [3.8, 4) is 0 Å². The molecule has 3 aromatic rings. The number of aromatic nitrogens is 1. The molecule has 2 amide bonds. The summed E-state index contributed by atoms with van der Waals surface area (Å²) in [5.41, 5.74) is 1.03. The van der Waals surface area contributed by atoms with Gasteiger partial charge in [0, 0.05) is 0 Å². The minimum atomic E-state index is -4.09. The van der Waals surface area contributed by atoms with Crippen LogP contribution in [0, 0.1) is 13.5 Å². The van der Waals surface area contributed by atoms with Crippen molar-refractivity contribution in [3.63, 3.8) is 0 Å². The number of nitrogens with zero attached hydrogens (tertiary/aromatic N) is 3. The van der Waals surface area contributed by atoms with Crippen LogP contribution in [-0.4, -0.2) is 25.2 Å². The van der Waals surface area contributed by atoms with E-state index >= 15 is 0 Å². The number of hydrogen-bond acceptors (Lipinski definition) is 5. The molecule has 0 atom stereocenters. The van der Waals surface area contributed by atoms with Crippen LogP contribution in [0.3, 0.4) is 0 Å². The number of sulfonamides is 1. The minimum absolute atomic E-state index is 0.000931. The number of carbonyl (C=O) groups excluding carboxylic acids is 2. The Morgan fingerprint density at radius 2 is 1.66 bits per heavy atom. The Morgan fingerprint density at radius 1 is 1.03 bits per heavy atom. The van der Waals surface area contributed by atoms with E-state index in [-0.39, 0.29) is 43.7 Å². The topological polar surface area (TPSA) is 101 Å². The lowest BCUT2D eigenvalue weighted by Gasteiger charge is -2.19. The van der Waals surface area contributed by atoms with Crippen LogP contribution >= 0.6 is 11.6 Å². The molecule has 0 aliphatic carbocycles. The van der Waals surface area contributed by atoms with Gasteiger partial charge >= 0.3 is 0 Å². The third-order valence-electron chi connectivity index (χ3n) is 5.59. The molecule has 2 heterocycles. The van der Waals surface area contributed by atoms with Gasteiger partial charge < -0.3 is 4.85 Å². The second-order valence-electron chi connectivity index (χ2n) is 9.14. The van der Waals surface area contributed by atoms with Crippen molar-refractivity contribution in [2.75, 3.05) is 9.62 Å². The van der Waals surface area contributed by atoms with Crippen LogP contribution in [0.4, 0.5) is 17.2 Å². The Kier molecular flexibility index (Phi) is 5.91. The highest BCUT2D eigenvalue weighted by atomic mass is 35.5. The van der Waals surface area contributed by atoms with Gasteiger partial charge in [-0.3, -0.25) is 19.2 Å². The quantitative estimate of drug-likeness (QED) is 0.371. The number of anilines is 2. The van der Waals surface area contributed by atoms with E-state index in [2.05, 4.69) is 14.6 Å². The van der Waals surface area contributed by atoms with Gasteiger partial charge in [-0.15, -0.1) is 4.98 Å². The van der Waals surface area contributed by atoms with Gasteiger partial charge in [-0.05, 0) is 53.8 Å². The average molecular weight is 509 g/mol. The summed E-state index contributed by atoms with van der Waals surface area (Å²) in [6.45, 7) is 15.1. The Balaban J connectivity index is 1.78. The first-order valence-electron chi connectivity index (χ1n) is 10.5. The van der Waals surface area contributed by atoms with Crippen LogP contribution in [0.1, 0.15) is 52.6 Å². The van der Waals surface area contributed by atoms with Gasteiger partial charge in [-0.25, -0.2) is 8.42 Å². The molecule has 0 fully saturated rings. The highest BCUT2D eigenvalue weighted by Gasteiger charge is 2.42. The fourth-order valence-electron chi connectivity index (χ4n) is 3.76. The van der Waals surface area contributed by atoms with Crippen LogP contribution in [-0.2, 0) is 15.4 Å². The monoisotopic (exact) mass is 508 g/mol.